The van der Waals surface area contributed by atoms with E-state index in [4.69, 9.17) is 11.6 Å². The Morgan fingerprint density at radius 3 is 2.50 bits per heavy atom. The zero-order chi connectivity index (χ0) is 21.8. The van der Waals surface area contributed by atoms with Crippen molar-refractivity contribution in [3.8, 4) is 11.1 Å². The van der Waals surface area contributed by atoms with Gasteiger partial charge in [-0.05, 0) is 48.5 Å². The summed E-state index contributed by atoms with van der Waals surface area (Å²) in [5.41, 5.74) is 4.28. The second-order valence-corrected chi connectivity index (χ2v) is 8.65. The lowest BCUT2D eigenvalue weighted by atomic mass is 9.98. The van der Waals surface area contributed by atoms with Crippen molar-refractivity contribution in [2.45, 2.75) is 19.4 Å². The maximum absolute atomic E-state index is 6.35. The van der Waals surface area contributed by atoms with Gasteiger partial charge < -0.3 is 16.0 Å². The van der Waals surface area contributed by atoms with Crippen molar-refractivity contribution in [1.82, 2.24) is 19.9 Å². The van der Waals surface area contributed by atoms with E-state index in [0.717, 1.165) is 31.3 Å². The third-order valence-electron chi connectivity index (χ3n) is 5.99. The molecule has 1 aliphatic heterocycles. The highest BCUT2D eigenvalue weighted by Crippen LogP contribution is 2.24. The summed E-state index contributed by atoms with van der Waals surface area (Å²) in [6, 6.07) is 21.0. The largest absolute Gasteiger partial charge is 0.370 e. The van der Waals surface area contributed by atoms with Crippen LogP contribution in [0.2, 0.25) is 5.02 Å². The fraction of sp³-hybridized carbons (Fsp3) is 0.280. The lowest BCUT2D eigenvalue weighted by Gasteiger charge is -2.23. The molecule has 0 radical (unpaired) electrons. The Morgan fingerprint density at radius 1 is 0.969 bits per heavy atom. The number of halogens is 1. The third kappa shape index (κ3) is 4.71. The summed E-state index contributed by atoms with van der Waals surface area (Å²) in [5, 5.41) is 15.4. The second kappa shape index (κ2) is 9.59. The number of aromatic nitrogens is 3. The van der Waals surface area contributed by atoms with Crippen molar-refractivity contribution in [2.24, 2.45) is 5.92 Å². The van der Waals surface area contributed by atoms with E-state index < -0.39 is 0 Å². The van der Waals surface area contributed by atoms with Crippen molar-refractivity contribution in [3.63, 3.8) is 0 Å². The zero-order valence-electron chi connectivity index (χ0n) is 17.9. The minimum absolute atomic E-state index is 0.547. The van der Waals surface area contributed by atoms with Crippen LogP contribution < -0.4 is 16.0 Å². The molecule has 2 aromatic heterocycles. The fourth-order valence-electron chi connectivity index (χ4n) is 4.13. The van der Waals surface area contributed by atoms with E-state index in [0.29, 0.717) is 23.1 Å². The smallest absolute Gasteiger partial charge is 0.178 e. The topological polar surface area (TPSA) is 66.3 Å². The lowest BCUT2D eigenvalue weighted by Crippen LogP contribution is -2.31. The summed E-state index contributed by atoms with van der Waals surface area (Å²) in [6.07, 6.45) is 4.01. The molecule has 0 spiro atoms. The molecular formula is C25H27ClN6. The van der Waals surface area contributed by atoms with Gasteiger partial charge in [-0.25, -0.2) is 4.98 Å². The Kier molecular flexibility index (Phi) is 6.23. The summed E-state index contributed by atoms with van der Waals surface area (Å²) < 4.78 is 1.76. The number of piperidine rings is 1. The molecule has 3 heterocycles. The van der Waals surface area contributed by atoms with E-state index >= 15 is 0 Å². The highest BCUT2D eigenvalue weighted by molar-refractivity contribution is 6.33. The number of nitrogens with one attached hydrogen (secondary N) is 3. The van der Waals surface area contributed by atoms with E-state index in [-0.39, 0.29) is 0 Å². The Balaban J connectivity index is 1.30. The van der Waals surface area contributed by atoms with Crippen LogP contribution >= 0.6 is 11.6 Å². The van der Waals surface area contributed by atoms with Crippen LogP contribution in [-0.2, 0) is 6.54 Å². The molecule has 32 heavy (non-hydrogen) atoms. The number of hydrogen-bond acceptors (Lipinski definition) is 5. The maximum Gasteiger partial charge on any atom is 0.178 e. The van der Waals surface area contributed by atoms with Crippen LogP contribution in [0.3, 0.4) is 0 Å². The summed E-state index contributed by atoms with van der Waals surface area (Å²) >= 11 is 6.35. The quantitative estimate of drug-likeness (QED) is 0.369. The van der Waals surface area contributed by atoms with Gasteiger partial charge >= 0.3 is 0 Å². The summed E-state index contributed by atoms with van der Waals surface area (Å²) in [4.78, 5) is 4.68. The first-order valence-corrected chi connectivity index (χ1v) is 11.5. The number of benzene rings is 2. The van der Waals surface area contributed by atoms with Gasteiger partial charge in [-0.15, -0.1) is 0 Å². The molecule has 1 saturated heterocycles. The molecule has 6 nitrogen and oxygen atoms in total. The van der Waals surface area contributed by atoms with E-state index in [9.17, 15) is 0 Å². The molecule has 1 fully saturated rings. The van der Waals surface area contributed by atoms with E-state index in [2.05, 4.69) is 74.6 Å². The normalized spacial score (nSPS) is 14.5. The Labute approximate surface area is 193 Å². The summed E-state index contributed by atoms with van der Waals surface area (Å²) in [6.45, 7) is 3.77. The average Bonchev–Trinajstić information content (AvgIpc) is 3.23. The van der Waals surface area contributed by atoms with Gasteiger partial charge in [0.2, 0.25) is 0 Å². The average molecular weight is 447 g/mol. The minimum atomic E-state index is 0.547. The second-order valence-electron chi connectivity index (χ2n) is 8.25. The standard InChI is InChI=1S/C25H27ClN6/c26-22-17-30-32-24(14-23(31-25(22)32)28-15-19-10-12-27-13-11-19)29-16-18-6-8-21(9-7-18)20-4-2-1-3-5-20/h1-9,14,17,19,27,29H,10-13,15-16H2,(H,28,31). The molecular weight excluding hydrogens is 420 g/mol. The van der Waals surface area contributed by atoms with E-state index in [1.807, 2.05) is 12.1 Å². The first kappa shape index (κ1) is 20.8. The molecule has 5 rings (SSSR count). The lowest BCUT2D eigenvalue weighted by molar-refractivity contribution is 0.389. The molecule has 3 N–H and O–H groups in total. The Morgan fingerprint density at radius 2 is 1.72 bits per heavy atom. The third-order valence-corrected chi connectivity index (χ3v) is 6.26. The van der Waals surface area contributed by atoms with Crippen molar-refractivity contribution in [1.29, 1.82) is 0 Å². The number of anilines is 2. The SMILES string of the molecule is Clc1cnn2c(NCc3ccc(-c4ccccc4)cc3)cc(NCC3CCNCC3)nc12. The van der Waals surface area contributed by atoms with Crippen molar-refractivity contribution < 1.29 is 0 Å². The number of nitrogens with zero attached hydrogens (tertiary/aromatic N) is 3. The highest BCUT2D eigenvalue weighted by Gasteiger charge is 2.15. The van der Waals surface area contributed by atoms with Gasteiger partial charge in [0.25, 0.3) is 0 Å². The molecule has 0 saturated carbocycles. The number of fused-ring (bicyclic) bond motifs is 1. The molecule has 0 amide bonds. The molecule has 0 aliphatic carbocycles. The summed E-state index contributed by atoms with van der Waals surface area (Å²) in [7, 11) is 0. The molecule has 1 aliphatic rings. The van der Waals surface area contributed by atoms with Crippen LogP contribution in [-0.4, -0.2) is 34.2 Å². The first-order valence-electron chi connectivity index (χ1n) is 11.1. The number of rotatable bonds is 7. The van der Waals surface area contributed by atoms with Gasteiger partial charge in [0.05, 0.1) is 6.20 Å². The highest BCUT2D eigenvalue weighted by atomic mass is 35.5. The molecule has 0 bridgehead atoms. The predicted octanol–water partition coefficient (Wildman–Crippen LogP) is 5.07. The number of hydrogen-bond donors (Lipinski definition) is 3. The van der Waals surface area contributed by atoms with Gasteiger partial charge in [0, 0.05) is 19.2 Å². The Bertz CT molecular complexity index is 1170. The van der Waals surface area contributed by atoms with Crippen molar-refractivity contribution in [2.75, 3.05) is 30.3 Å². The van der Waals surface area contributed by atoms with Crippen molar-refractivity contribution in [3.05, 3.63) is 77.4 Å². The molecule has 164 valence electrons. The van der Waals surface area contributed by atoms with Crippen LogP contribution in [0.5, 0.6) is 0 Å². The van der Waals surface area contributed by atoms with Crippen LogP contribution in [0.4, 0.5) is 11.6 Å². The summed E-state index contributed by atoms with van der Waals surface area (Å²) in [5.74, 6) is 2.34. The zero-order valence-corrected chi connectivity index (χ0v) is 18.6. The first-order chi connectivity index (χ1) is 15.8. The van der Waals surface area contributed by atoms with Crippen LogP contribution in [0, 0.1) is 5.92 Å². The van der Waals surface area contributed by atoms with Crippen LogP contribution in [0.25, 0.3) is 16.8 Å². The van der Waals surface area contributed by atoms with Crippen LogP contribution in [0.1, 0.15) is 18.4 Å². The van der Waals surface area contributed by atoms with Gasteiger partial charge in [0.1, 0.15) is 16.7 Å². The van der Waals surface area contributed by atoms with E-state index in [1.54, 1.807) is 10.7 Å². The van der Waals surface area contributed by atoms with Gasteiger partial charge in [-0.3, -0.25) is 0 Å². The minimum Gasteiger partial charge on any atom is -0.370 e. The van der Waals surface area contributed by atoms with E-state index in [1.165, 1.54) is 29.5 Å². The molecule has 7 heteroatoms. The predicted molar refractivity (Wildman–Crippen MR) is 131 cm³/mol. The van der Waals surface area contributed by atoms with Gasteiger partial charge in [-0.1, -0.05) is 66.2 Å². The van der Waals surface area contributed by atoms with Gasteiger partial charge in [0.15, 0.2) is 5.65 Å². The fourth-order valence-corrected chi connectivity index (χ4v) is 4.29. The van der Waals surface area contributed by atoms with Crippen LogP contribution in [0.15, 0.2) is 66.9 Å². The molecule has 0 atom stereocenters. The molecule has 2 aromatic carbocycles. The monoisotopic (exact) mass is 446 g/mol. The molecule has 0 unspecified atom stereocenters. The Hall–Kier alpha value is -3.09. The van der Waals surface area contributed by atoms with Crippen molar-refractivity contribution >= 4 is 28.9 Å². The molecule has 4 aromatic rings. The van der Waals surface area contributed by atoms with Gasteiger partial charge in [-0.2, -0.15) is 9.61 Å². The maximum atomic E-state index is 6.35.